The molecule has 0 aromatic heterocycles. The highest BCUT2D eigenvalue weighted by molar-refractivity contribution is 5.77. The predicted octanol–water partition coefficient (Wildman–Crippen LogP) is 1.08. The van der Waals surface area contributed by atoms with Gasteiger partial charge in [-0.15, -0.1) is 0 Å². The summed E-state index contributed by atoms with van der Waals surface area (Å²) in [4.78, 5) is 11.4. The quantitative estimate of drug-likeness (QED) is 0.716. The molecule has 1 aliphatic carbocycles. The SMILES string of the molecule is CCOCC(=O)NCC1(CO)CCCCC1. The summed E-state index contributed by atoms with van der Waals surface area (Å²) in [6.45, 7) is 3.29. The van der Waals surface area contributed by atoms with E-state index in [1.54, 1.807) is 0 Å². The van der Waals surface area contributed by atoms with Crippen molar-refractivity contribution in [2.75, 3.05) is 26.4 Å². The third-order valence-corrected chi connectivity index (χ3v) is 3.35. The van der Waals surface area contributed by atoms with Crippen LogP contribution in [-0.4, -0.2) is 37.4 Å². The van der Waals surface area contributed by atoms with Crippen molar-refractivity contribution in [3.8, 4) is 0 Å². The number of carbonyl (C=O) groups is 1. The second kappa shape index (κ2) is 6.86. The van der Waals surface area contributed by atoms with Crippen LogP contribution in [0.5, 0.6) is 0 Å². The zero-order valence-electron chi connectivity index (χ0n) is 10.1. The Balaban J connectivity index is 2.30. The lowest BCUT2D eigenvalue weighted by Gasteiger charge is -2.35. The monoisotopic (exact) mass is 229 g/mol. The van der Waals surface area contributed by atoms with Crippen molar-refractivity contribution in [1.29, 1.82) is 0 Å². The molecule has 0 saturated heterocycles. The van der Waals surface area contributed by atoms with Gasteiger partial charge in [0, 0.05) is 18.6 Å². The fourth-order valence-corrected chi connectivity index (χ4v) is 2.22. The molecule has 4 nitrogen and oxygen atoms in total. The van der Waals surface area contributed by atoms with Crippen LogP contribution in [-0.2, 0) is 9.53 Å². The summed E-state index contributed by atoms with van der Waals surface area (Å²) in [7, 11) is 0. The Hall–Kier alpha value is -0.610. The largest absolute Gasteiger partial charge is 0.396 e. The van der Waals surface area contributed by atoms with Crippen LogP contribution >= 0.6 is 0 Å². The van der Waals surface area contributed by atoms with Crippen molar-refractivity contribution >= 4 is 5.91 Å². The van der Waals surface area contributed by atoms with Crippen molar-refractivity contribution < 1.29 is 14.6 Å². The summed E-state index contributed by atoms with van der Waals surface area (Å²) >= 11 is 0. The number of nitrogens with one attached hydrogen (secondary N) is 1. The standard InChI is InChI=1S/C12H23NO3/c1-2-16-8-11(15)13-9-12(10-14)6-4-3-5-7-12/h14H,2-10H2,1H3,(H,13,15). The van der Waals surface area contributed by atoms with Gasteiger partial charge in [-0.3, -0.25) is 4.79 Å². The van der Waals surface area contributed by atoms with E-state index in [-0.39, 0.29) is 24.5 Å². The molecule has 0 bridgehead atoms. The lowest BCUT2D eigenvalue weighted by atomic mass is 9.74. The molecule has 2 N–H and O–H groups in total. The van der Waals surface area contributed by atoms with Crippen LogP contribution in [0.1, 0.15) is 39.0 Å². The highest BCUT2D eigenvalue weighted by Gasteiger charge is 2.31. The Morgan fingerprint density at radius 3 is 2.62 bits per heavy atom. The first kappa shape index (κ1) is 13.5. The number of hydrogen-bond acceptors (Lipinski definition) is 3. The molecule has 0 aromatic carbocycles. The molecule has 1 fully saturated rings. The second-order valence-electron chi connectivity index (χ2n) is 4.63. The summed E-state index contributed by atoms with van der Waals surface area (Å²) in [6.07, 6.45) is 5.58. The van der Waals surface area contributed by atoms with Gasteiger partial charge in [0.05, 0.1) is 6.61 Å². The Morgan fingerprint density at radius 2 is 2.06 bits per heavy atom. The van der Waals surface area contributed by atoms with E-state index in [0.717, 1.165) is 25.7 Å². The Labute approximate surface area is 97.4 Å². The van der Waals surface area contributed by atoms with Gasteiger partial charge in [-0.2, -0.15) is 0 Å². The van der Waals surface area contributed by atoms with E-state index in [0.29, 0.717) is 13.2 Å². The van der Waals surface area contributed by atoms with E-state index < -0.39 is 0 Å². The first-order chi connectivity index (χ1) is 7.72. The van der Waals surface area contributed by atoms with E-state index in [4.69, 9.17) is 4.74 Å². The summed E-state index contributed by atoms with van der Waals surface area (Å²) in [6, 6.07) is 0. The van der Waals surface area contributed by atoms with Crippen molar-refractivity contribution in [3.63, 3.8) is 0 Å². The molecule has 1 amide bonds. The van der Waals surface area contributed by atoms with Crippen LogP contribution in [0.4, 0.5) is 0 Å². The average molecular weight is 229 g/mol. The van der Waals surface area contributed by atoms with Crippen molar-refractivity contribution in [2.45, 2.75) is 39.0 Å². The molecule has 0 radical (unpaired) electrons. The first-order valence-corrected chi connectivity index (χ1v) is 6.18. The highest BCUT2D eigenvalue weighted by Crippen LogP contribution is 2.35. The number of aliphatic hydroxyl groups is 1. The van der Waals surface area contributed by atoms with Crippen LogP contribution < -0.4 is 5.32 Å². The molecule has 0 spiro atoms. The summed E-state index contributed by atoms with van der Waals surface area (Å²) < 4.78 is 5.03. The number of amides is 1. The van der Waals surface area contributed by atoms with Gasteiger partial charge in [-0.05, 0) is 19.8 Å². The number of aliphatic hydroxyl groups excluding tert-OH is 1. The molecular weight excluding hydrogens is 206 g/mol. The Bertz CT molecular complexity index is 212. The van der Waals surface area contributed by atoms with Gasteiger partial charge in [0.1, 0.15) is 6.61 Å². The number of hydrogen-bond donors (Lipinski definition) is 2. The third kappa shape index (κ3) is 4.10. The molecule has 1 rings (SSSR count). The maximum Gasteiger partial charge on any atom is 0.246 e. The Kier molecular flexibility index (Phi) is 5.77. The average Bonchev–Trinajstić information content (AvgIpc) is 2.35. The minimum atomic E-state index is -0.0832. The van der Waals surface area contributed by atoms with Crippen LogP contribution in [0.3, 0.4) is 0 Å². The predicted molar refractivity (Wildman–Crippen MR) is 62.1 cm³/mol. The topological polar surface area (TPSA) is 58.6 Å². The highest BCUT2D eigenvalue weighted by atomic mass is 16.5. The molecular formula is C12H23NO3. The molecule has 16 heavy (non-hydrogen) atoms. The second-order valence-corrected chi connectivity index (χ2v) is 4.63. The fourth-order valence-electron chi connectivity index (χ4n) is 2.22. The zero-order chi connectivity index (χ0) is 11.9. The van der Waals surface area contributed by atoms with Crippen molar-refractivity contribution in [3.05, 3.63) is 0 Å². The van der Waals surface area contributed by atoms with Gasteiger partial charge in [-0.25, -0.2) is 0 Å². The lowest BCUT2D eigenvalue weighted by Crippen LogP contribution is -2.42. The Morgan fingerprint density at radius 1 is 1.38 bits per heavy atom. The van der Waals surface area contributed by atoms with E-state index >= 15 is 0 Å². The van der Waals surface area contributed by atoms with Gasteiger partial charge in [0.15, 0.2) is 0 Å². The van der Waals surface area contributed by atoms with E-state index in [9.17, 15) is 9.90 Å². The maximum absolute atomic E-state index is 11.4. The normalized spacial score (nSPS) is 19.4. The summed E-state index contributed by atoms with van der Waals surface area (Å²) in [5.41, 5.74) is -0.0832. The molecule has 0 aromatic rings. The van der Waals surface area contributed by atoms with Crippen LogP contribution in [0.25, 0.3) is 0 Å². The van der Waals surface area contributed by atoms with Crippen LogP contribution in [0, 0.1) is 5.41 Å². The third-order valence-electron chi connectivity index (χ3n) is 3.35. The number of rotatable bonds is 6. The van der Waals surface area contributed by atoms with Gasteiger partial charge in [-0.1, -0.05) is 19.3 Å². The molecule has 94 valence electrons. The molecule has 0 atom stereocenters. The van der Waals surface area contributed by atoms with Gasteiger partial charge >= 0.3 is 0 Å². The molecule has 0 aliphatic heterocycles. The molecule has 1 saturated carbocycles. The maximum atomic E-state index is 11.4. The van der Waals surface area contributed by atoms with Gasteiger partial charge in [0.25, 0.3) is 0 Å². The van der Waals surface area contributed by atoms with E-state index in [1.165, 1.54) is 6.42 Å². The molecule has 0 heterocycles. The zero-order valence-corrected chi connectivity index (χ0v) is 10.1. The van der Waals surface area contributed by atoms with Gasteiger partial charge < -0.3 is 15.2 Å². The minimum Gasteiger partial charge on any atom is -0.396 e. The number of carbonyl (C=O) groups excluding carboxylic acids is 1. The van der Waals surface area contributed by atoms with E-state index in [1.807, 2.05) is 6.92 Å². The number of ether oxygens (including phenoxy) is 1. The smallest absolute Gasteiger partial charge is 0.246 e. The lowest BCUT2D eigenvalue weighted by molar-refractivity contribution is -0.126. The molecule has 0 unspecified atom stereocenters. The van der Waals surface area contributed by atoms with E-state index in [2.05, 4.69) is 5.32 Å². The summed E-state index contributed by atoms with van der Waals surface area (Å²) in [5.74, 6) is -0.0831. The van der Waals surface area contributed by atoms with Crippen molar-refractivity contribution in [1.82, 2.24) is 5.32 Å². The fraction of sp³-hybridized carbons (Fsp3) is 0.917. The summed E-state index contributed by atoms with van der Waals surface area (Å²) in [5, 5.41) is 12.3. The first-order valence-electron chi connectivity index (χ1n) is 6.18. The minimum absolute atomic E-state index is 0.0831. The van der Waals surface area contributed by atoms with Crippen LogP contribution in [0.2, 0.25) is 0 Å². The van der Waals surface area contributed by atoms with Crippen LogP contribution in [0.15, 0.2) is 0 Å². The van der Waals surface area contributed by atoms with Gasteiger partial charge in [0.2, 0.25) is 5.91 Å². The van der Waals surface area contributed by atoms with Crippen molar-refractivity contribution in [2.24, 2.45) is 5.41 Å². The molecule has 1 aliphatic rings. The molecule has 4 heteroatoms.